The van der Waals surface area contributed by atoms with Crippen molar-refractivity contribution in [1.29, 1.82) is 0 Å². The summed E-state index contributed by atoms with van der Waals surface area (Å²) in [6.07, 6.45) is 27.5. The molecule has 0 amide bonds. The highest BCUT2D eigenvalue weighted by molar-refractivity contribution is 5.87. The quantitative estimate of drug-likeness (QED) is 0.125. The molecule has 4 aromatic heterocycles. The molecule has 2 aliphatic heterocycles. The van der Waals surface area contributed by atoms with Crippen LogP contribution in [0.15, 0.2) is 60.8 Å². The molecule has 0 saturated heterocycles. The van der Waals surface area contributed by atoms with Crippen LogP contribution < -0.4 is 0 Å². The zero-order valence-corrected chi connectivity index (χ0v) is 26.1. The number of fused-ring (bicyclic) bond motifs is 8. The van der Waals surface area contributed by atoms with Crippen molar-refractivity contribution >= 4 is 46.4 Å². The SMILES string of the molecule is CCCCCCCCCCCCCCc1cccnc1-c1cc2cc3nc(cc4ccc(cc5nc(cc1[nH]2)C=C5)[nH]4)C=C3. The van der Waals surface area contributed by atoms with Crippen LogP contribution in [0.5, 0.6) is 0 Å². The van der Waals surface area contributed by atoms with Gasteiger partial charge in [-0.3, -0.25) is 4.98 Å². The van der Waals surface area contributed by atoms with Crippen molar-refractivity contribution in [2.75, 3.05) is 0 Å². The Hall–Kier alpha value is -4.25. The van der Waals surface area contributed by atoms with E-state index >= 15 is 0 Å². The number of hydrogen-bond donors (Lipinski definition) is 2. The van der Waals surface area contributed by atoms with Crippen LogP contribution in [0, 0.1) is 0 Å². The first-order chi connectivity index (χ1) is 21.7. The second kappa shape index (κ2) is 15.0. The number of pyridine rings is 1. The number of unbranched alkanes of at least 4 members (excludes halogenated alkanes) is 11. The standard InChI is InChI=1S/C39H45N5/c1-2-3-4-5-6-7-8-9-10-11-12-13-15-29-16-14-23-40-39(29)37-27-36-26-34-20-19-32(42-34)24-30-17-18-31(41-30)25-33-21-22-35(43-33)28-38(37)44-36/h14,16-28,41,44H,2-13,15H2,1H3. The summed E-state index contributed by atoms with van der Waals surface area (Å²) < 4.78 is 0. The van der Waals surface area contributed by atoms with E-state index in [1.54, 1.807) is 0 Å². The molecule has 0 unspecified atom stereocenters. The summed E-state index contributed by atoms with van der Waals surface area (Å²) >= 11 is 0. The summed E-state index contributed by atoms with van der Waals surface area (Å²) in [6.45, 7) is 2.29. The minimum absolute atomic E-state index is 0.920. The lowest BCUT2D eigenvalue weighted by atomic mass is 10.00. The average Bonchev–Trinajstić information content (AvgIpc) is 3.84. The Morgan fingerprint density at radius 2 is 1.09 bits per heavy atom. The Kier molecular flexibility index (Phi) is 10.1. The predicted octanol–water partition coefficient (Wildman–Crippen LogP) is 11.0. The Morgan fingerprint density at radius 3 is 1.70 bits per heavy atom. The molecule has 0 atom stereocenters. The van der Waals surface area contributed by atoms with Crippen molar-refractivity contribution in [3.63, 3.8) is 0 Å². The second-order valence-electron chi connectivity index (χ2n) is 12.2. The van der Waals surface area contributed by atoms with Crippen LogP contribution in [0.25, 0.3) is 57.6 Å². The van der Waals surface area contributed by atoms with Crippen LogP contribution in [0.4, 0.5) is 0 Å². The van der Waals surface area contributed by atoms with Crippen molar-refractivity contribution in [1.82, 2.24) is 24.9 Å². The smallest absolute Gasteiger partial charge is 0.0755 e. The van der Waals surface area contributed by atoms with Gasteiger partial charge in [0.1, 0.15) is 0 Å². The van der Waals surface area contributed by atoms with E-state index in [1.807, 2.05) is 6.20 Å². The summed E-state index contributed by atoms with van der Waals surface area (Å²) in [5, 5.41) is 0. The van der Waals surface area contributed by atoms with E-state index < -0.39 is 0 Å². The lowest BCUT2D eigenvalue weighted by Gasteiger charge is -2.08. The van der Waals surface area contributed by atoms with Crippen molar-refractivity contribution in [2.45, 2.75) is 90.4 Å². The Bertz CT molecular complexity index is 1770. The average molecular weight is 584 g/mol. The fourth-order valence-corrected chi connectivity index (χ4v) is 6.25. The fourth-order valence-electron chi connectivity index (χ4n) is 6.25. The third-order valence-corrected chi connectivity index (χ3v) is 8.61. The molecule has 6 heterocycles. The third-order valence-electron chi connectivity index (χ3n) is 8.61. The van der Waals surface area contributed by atoms with Gasteiger partial charge in [-0.05, 0) is 91.2 Å². The molecule has 44 heavy (non-hydrogen) atoms. The molecular weight excluding hydrogens is 538 g/mol. The highest BCUT2D eigenvalue weighted by atomic mass is 14.8. The monoisotopic (exact) mass is 583 g/mol. The topological polar surface area (TPSA) is 70.2 Å². The van der Waals surface area contributed by atoms with E-state index in [4.69, 9.17) is 15.0 Å². The largest absolute Gasteiger partial charge is 0.355 e. The van der Waals surface area contributed by atoms with Gasteiger partial charge < -0.3 is 9.97 Å². The van der Waals surface area contributed by atoms with E-state index in [0.29, 0.717) is 0 Å². The number of H-pyrrole nitrogens is 2. The first-order valence-electron chi connectivity index (χ1n) is 16.8. The number of aromatic nitrogens is 5. The summed E-state index contributed by atoms with van der Waals surface area (Å²) in [5.41, 5.74) is 11.2. The Balaban J connectivity index is 1.20. The Labute approximate surface area is 261 Å². The fraction of sp³-hybridized carbons (Fsp3) is 0.359. The molecule has 226 valence electrons. The van der Waals surface area contributed by atoms with Crippen LogP contribution in [-0.2, 0) is 6.42 Å². The van der Waals surface area contributed by atoms with E-state index in [1.165, 1.54) is 82.6 Å². The van der Waals surface area contributed by atoms with Crippen LogP contribution in [-0.4, -0.2) is 24.9 Å². The second-order valence-corrected chi connectivity index (χ2v) is 12.2. The molecule has 5 nitrogen and oxygen atoms in total. The normalized spacial score (nSPS) is 12.3. The third kappa shape index (κ3) is 8.02. The van der Waals surface area contributed by atoms with Crippen LogP contribution >= 0.6 is 0 Å². The van der Waals surface area contributed by atoms with Gasteiger partial charge in [-0.25, -0.2) is 9.97 Å². The molecular formula is C39H45N5. The van der Waals surface area contributed by atoms with E-state index in [-0.39, 0.29) is 0 Å². The van der Waals surface area contributed by atoms with Crippen molar-refractivity contribution in [3.05, 3.63) is 89.1 Å². The lowest BCUT2D eigenvalue weighted by molar-refractivity contribution is 0.544. The van der Waals surface area contributed by atoms with Gasteiger partial charge in [-0.1, -0.05) is 83.6 Å². The first kappa shape index (κ1) is 29.8. The van der Waals surface area contributed by atoms with Gasteiger partial charge in [0, 0.05) is 28.3 Å². The molecule has 0 fully saturated rings. The Morgan fingerprint density at radius 1 is 0.545 bits per heavy atom. The van der Waals surface area contributed by atoms with Gasteiger partial charge in [-0.15, -0.1) is 0 Å². The number of hydrogen-bond acceptors (Lipinski definition) is 3. The van der Waals surface area contributed by atoms with Gasteiger partial charge in [0.25, 0.3) is 0 Å². The number of nitrogens with one attached hydrogen (secondary N) is 2. The maximum absolute atomic E-state index is 4.91. The molecule has 8 bridgehead atoms. The highest BCUT2D eigenvalue weighted by Gasteiger charge is 2.12. The maximum atomic E-state index is 4.91. The molecule has 2 N–H and O–H groups in total. The minimum atomic E-state index is 0.920. The number of aromatic amines is 2. The van der Waals surface area contributed by atoms with Gasteiger partial charge in [0.05, 0.1) is 34.0 Å². The summed E-state index contributed by atoms with van der Waals surface area (Å²) in [6, 6.07) is 19.1. The van der Waals surface area contributed by atoms with Gasteiger partial charge in [0.15, 0.2) is 0 Å². The molecule has 2 aliphatic rings. The van der Waals surface area contributed by atoms with Gasteiger partial charge in [-0.2, -0.15) is 0 Å². The van der Waals surface area contributed by atoms with Crippen LogP contribution in [0.2, 0.25) is 0 Å². The zero-order valence-electron chi connectivity index (χ0n) is 26.1. The van der Waals surface area contributed by atoms with E-state index in [9.17, 15) is 0 Å². The molecule has 6 rings (SSSR count). The van der Waals surface area contributed by atoms with Crippen LogP contribution in [0.3, 0.4) is 0 Å². The van der Waals surface area contributed by atoms with Gasteiger partial charge >= 0.3 is 0 Å². The minimum Gasteiger partial charge on any atom is -0.355 e. The van der Waals surface area contributed by atoms with Gasteiger partial charge in [0.2, 0.25) is 0 Å². The molecule has 5 heteroatoms. The first-order valence-corrected chi connectivity index (χ1v) is 16.8. The zero-order chi connectivity index (χ0) is 30.0. The number of aryl methyl sites for hydroxylation is 1. The lowest BCUT2D eigenvalue weighted by Crippen LogP contribution is -1.93. The number of rotatable bonds is 14. The molecule has 0 spiro atoms. The maximum Gasteiger partial charge on any atom is 0.0755 e. The van der Waals surface area contributed by atoms with E-state index in [2.05, 4.69) is 95.8 Å². The van der Waals surface area contributed by atoms with Crippen LogP contribution in [0.1, 0.15) is 112 Å². The highest BCUT2D eigenvalue weighted by Crippen LogP contribution is 2.30. The number of nitrogens with zero attached hydrogens (tertiary/aromatic N) is 3. The summed E-state index contributed by atoms with van der Waals surface area (Å²) in [4.78, 5) is 21.7. The molecule has 0 aliphatic carbocycles. The molecule has 0 radical (unpaired) electrons. The molecule has 0 saturated carbocycles. The molecule has 0 aromatic carbocycles. The predicted molar refractivity (Wildman–Crippen MR) is 187 cm³/mol. The molecule has 4 aromatic rings. The van der Waals surface area contributed by atoms with E-state index in [0.717, 1.165) is 62.5 Å². The summed E-state index contributed by atoms with van der Waals surface area (Å²) in [5.74, 6) is 0. The summed E-state index contributed by atoms with van der Waals surface area (Å²) in [7, 11) is 0. The van der Waals surface area contributed by atoms with Crippen molar-refractivity contribution < 1.29 is 0 Å². The van der Waals surface area contributed by atoms with Crippen molar-refractivity contribution in [3.8, 4) is 11.3 Å². The van der Waals surface area contributed by atoms with Crippen molar-refractivity contribution in [2.24, 2.45) is 0 Å².